The predicted molar refractivity (Wildman–Crippen MR) is 155 cm³/mol. The van der Waals surface area contributed by atoms with E-state index in [1.165, 1.54) is 0 Å². The summed E-state index contributed by atoms with van der Waals surface area (Å²) in [6.45, 7) is 0.814. The van der Waals surface area contributed by atoms with Crippen LogP contribution >= 0.6 is 0 Å². The number of likely N-dealkylation sites (tertiary alicyclic amines) is 1. The summed E-state index contributed by atoms with van der Waals surface area (Å²) in [4.78, 5) is 39.4. The van der Waals surface area contributed by atoms with Crippen LogP contribution in [0.1, 0.15) is 60.6 Å². The minimum absolute atomic E-state index is 0.0456. The number of amides is 3. The van der Waals surface area contributed by atoms with E-state index >= 15 is 0 Å². The van der Waals surface area contributed by atoms with Gasteiger partial charge in [0.2, 0.25) is 5.91 Å². The Labute approximate surface area is 243 Å². The molecular formula is C31H37FN6O4. The van der Waals surface area contributed by atoms with Gasteiger partial charge in [0.1, 0.15) is 13.3 Å². The first-order chi connectivity index (χ1) is 20.5. The minimum atomic E-state index is -0.685. The van der Waals surface area contributed by atoms with Crippen molar-refractivity contribution in [1.29, 1.82) is 0 Å². The Morgan fingerprint density at radius 1 is 1.02 bits per heavy atom. The Bertz CT molecular complexity index is 1430. The van der Waals surface area contributed by atoms with Crippen molar-refractivity contribution in [1.82, 2.24) is 25.5 Å². The number of carbonyl (C=O) groups excluding carboxylic acids is 3. The monoisotopic (exact) mass is 576 g/mol. The number of hydrogen-bond acceptors (Lipinski definition) is 6. The van der Waals surface area contributed by atoms with Crippen LogP contribution in [0.3, 0.4) is 0 Å². The fraction of sp³-hybridized carbons (Fsp3) is 0.484. The van der Waals surface area contributed by atoms with Gasteiger partial charge in [-0.25, -0.2) is 14.6 Å². The molecule has 6 rings (SSSR count). The molecule has 3 unspecified atom stereocenters. The van der Waals surface area contributed by atoms with Crippen LogP contribution in [0.15, 0.2) is 48.5 Å². The Morgan fingerprint density at radius 2 is 1.79 bits per heavy atom. The minimum Gasteiger partial charge on any atom is -0.447 e. The highest BCUT2D eigenvalue weighted by atomic mass is 19.1. The van der Waals surface area contributed by atoms with Gasteiger partial charge in [0.15, 0.2) is 5.69 Å². The number of benzene rings is 2. The summed E-state index contributed by atoms with van der Waals surface area (Å²) in [5.74, 6) is 0.407. The van der Waals surface area contributed by atoms with Crippen LogP contribution in [0, 0.1) is 17.8 Å². The molecule has 3 aromatic rings. The topological polar surface area (TPSA) is 118 Å². The zero-order chi connectivity index (χ0) is 29.1. The molecule has 3 amide bonds. The van der Waals surface area contributed by atoms with Gasteiger partial charge in [0, 0.05) is 36.6 Å². The zero-order valence-corrected chi connectivity index (χ0v) is 23.6. The van der Waals surface area contributed by atoms with Crippen molar-refractivity contribution in [2.45, 2.75) is 51.1 Å². The Balaban J connectivity index is 1.11. The quantitative estimate of drug-likeness (QED) is 0.379. The number of alkyl halides is 1. The molecule has 0 radical (unpaired) electrons. The fourth-order valence-electron chi connectivity index (χ4n) is 6.72. The highest BCUT2D eigenvalue weighted by Crippen LogP contribution is 2.40. The molecule has 2 aromatic carbocycles. The van der Waals surface area contributed by atoms with Gasteiger partial charge in [-0.2, -0.15) is 5.10 Å². The van der Waals surface area contributed by atoms with Gasteiger partial charge in [0.05, 0.1) is 11.6 Å². The van der Waals surface area contributed by atoms with Crippen molar-refractivity contribution in [2.24, 2.45) is 17.8 Å². The summed E-state index contributed by atoms with van der Waals surface area (Å²) in [7, 11) is 0. The molecule has 11 heteroatoms. The summed E-state index contributed by atoms with van der Waals surface area (Å²) >= 11 is 0. The van der Waals surface area contributed by atoms with Crippen LogP contribution in [0.4, 0.5) is 14.9 Å². The molecule has 42 heavy (non-hydrogen) atoms. The number of hydrogen-bond donors (Lipinski definition) is 3. The van der Waals surface area contributed by atoms with Crippen molar-refractivity contribution < 1.29 is 23.5 Å². The molecule has 3 aliphatic rings. The van der Waals surface area contributed by atoms with Gasteiger partial charge in [0.25, 0.3) is 5.91 Å². The molecule has 2 saturated heterocycles. The molecule has 3 fully saturated rings. The highest BCUT2D eigenvalue weighted by Gasteiger charge is 2.40. The number of halogens is 1. The molecular weight excluding hydrogens is 539 g/mol. The number of para-hydroxylation sites is 1. The smallest absolute Gasteiger partial charge is 0.409 e. The molecule has 0 spiro atoms. The number of anilines is 1. The van der Waals surface area contributed by atoms with E-state index in [4.69, 9.17) is 9.84 Å². The first-order valence-electron chi connectivity index (χ1n) is 14.9. The number of nitrogens with one attached hydrogen (secondary N) is 3. The number of carbonyl (C=O) groups is 3. The lowest BCUT2D eigenvalue weighted by Gasteiger charge is -2.41. The molecule has 3 N–H and O–H groups in total. The van der Waals surface area contributed by atoms with E-state index in [-0.39, 0.29) is 42.2 Å². The van der Waals surface area contributed by atoms with Crippen LogP contribution in [0.25, 0.3) is 10.9 Å². The van der Waals surface area contributed by atoms with Gasteiger partial charge in [-0.3, -0.25) is 19.7 Å². The lowest BCUT2D eigenvalue weighted by molar-refractivity contribution is -0.133. The highest BCUT2D eigenvalue weighted by molar-refractivity contribution is 6.11. The summed E-state index contributed by atoms with van der Waals surface area (Å²) in [5, 5.41) is 8.51. The van der Waals surface area contributed by atoms with E-state index in [9.17, 15) is 18.8 Å². The number of piperidine rings is 1. The molecule has 1 aliphatic carbocycles. The molecule has 3 heterocycles. The molecule has 3 atom stereocenters. The van der Waals surface area contributed by atoms with Gasteiger partial charge in [-0.05, 0) is 61.3 Å². The normalized spacial score (nSPS) is 22.8. The lowest BCUT2D eigenvalue weighted by Crippen LogP contribution is -2.55. The summed E-state index contributed by atoms with van der Waals surface area (Å²) in [6.07, 6.45) is 5.26. The standard InChI is InChI=1S/C31H37FN6O4/c32-15-18-42-31(41)37-16-13-20(14-17-37)19-38-26-8-4-3-7-25(26)28(36-38)30(40)33-22-11-9-21(10-12-22)27-23-5-1-2-6-24(23)29(39)35-34-27/h3-4,7-12,20,23-24,27,34H,1-2,5-6,13-19H2,(H,33,40)(H,35,39). The van der Waals surface area contributed by atoms with Crippen LogP contribution in [-0.2, 0) is 16.1 Å². The van der Waals surface area contributed by atoms with E-state index in [1.54, 1.807) is 4.90 Å². The van der Waals surface area contributed by atoms with E-state index in [2.05, 4.69) is 16.2 Å². The van der Waals surface area contributed by atoms with Gasteiger partial charge >= 0.3 is 6.09 Å². The average molecular weight is 577 g/mol. The lowest BCUT2D eigenvalue weighted by atomic mass is 9.72. The molecule has 1 saturated carbocycles. The summed E-state index contributed by atoms with van der Waals surface area (Å²) in [5.41, 5.74) is 9.07. The van der Waals surface area contributed by atoms with E-state index in [1.807, 2.05) is 53.2 Å². The second kappa shape index (κ2) is 12.5. The van der Waals surface area contributed by atoms with Crippen molar-refractivity contribution in [3.8, 4) is 0 Å². The largest absolute Gasteiger partial charge is 0.447 e. The number of aromatic nitrogens is 2. The molecule has 1 aromatic heterocycles. The number of hydrazine groups is 1. The maximum Gasteiger partial charge on any atom is 0.409 e. The Hall–Kier alpha value is -3.99. The molecule has 10 nitrogen and oxygen atoms in total. The van der Waals surface area contributed by atoms with Crippen molar-refractivity contribution in [3.05, 3.63) is 59.8 Å². The Kier molecular flexibility index (Phi) is 8.36. The predicted octanol–water partition coefficient (Wildman–Crippen LogP) is 4.59. The molecule has 2 aliphatic heterocycles. The first kappa shape index (κ1) is 28.1. The summed E-state index contributed by atoms with van der Waals surface area (Å²) < 4.78 is 19.1. The van der Waals surface area contributed by atoms with Gasteiger partial charge < -0.3 is 15.0 Å². The second-order valence-electron chi connectivity index (χ2n) is 11.5. The third kappa shape index (κ3) is 5.83. The van der Waals surface area contributed by atoms with Crippen molar-refractivity contribution in [2.75, 3.05) is 31.7 Å². The third-order valence-electron chi connectivity index (χ3n) is 8.94. The van der Waals surface area contributed by atoms with Crippen LogP contribution < -0.4 is 16.2 Å². The molecule has 0 bridgehead atoms. The maximum atomic E-state index is 13.4. The van der Waals surface area contributed by atoms with Gasteiger partial charge in [-0.15, -0.1) is 0 Å². The SMILES string of the molecule is O=C(Nc1ccc(C2NNC(=O)C3CCCCC32)cc1)c1nn(CC2CCN(C(=O)OCCF)CC2)c2ccccc12. The molecule has 222 valence electrons. The van der Waals surface area contributed by atoms with Gasteiger partial charge in [-0.1, -0.05) is 43.2 Å². The van der Waals surface area contributed by atoms with E-state index in [0.29, 0.717) is 31.0 Å². The fourth-order valence-corrected chi connectivity index (χ4v) is 6.72. The third-order valence-corrected chi connectivity index (χ3v) is 8.94. The number of ether oxygens (including phenoxy) is 1. The Morgan fingerprint density at radius 3 is 2.57 bits per heavy atom. The summed E-state index contributed by atoms with van der Waals surface area (Å²) in [6, 6.07) is 15.6. The maximum absolute atomic E-state index is 13.4. The van der Waals surface area contributed by atoms with E-state index < -0.39 is 12.8 Å². The van der Waals surface area contributed by atoms with E-state index in [0.717, 1.165) is 55.0 Å². The number of rotatable bonds is 7. The number of nitrogens with zero attached hydrogens (tertiary/aromatic N) is 3. The van der Waals surface area contributed by atoms with Crippen molar-refractivity contribution in [3.63, 3.8) is 0 Å². The number of fused-ring (bicyclic) bond motifs is 2. The first-order valence-corrected chi connectivity index (χ1v) is 14.9. The van der Waals surface area contributed by atoms with Crippen LogP contribution in [0.5, 0.6) is 0 Å². The second-order valence-corrected chi connectivity index (χ2v) is 11.5. The van der Waals surface area contributed by atoms with Crippen molar-refractivity contribution >= 4 is 34.5 Å². The average Bonchev–Trinajstić information content (AvgIpc) is 3.39. The zero-order valence-electron chi connectivity index (χ0n) is 23.6. The van der Waals surface area contributed by atoms with Crippen LogP contribution in [-0.4, -0.2) is 59.0 Å². The van der Waals surface area contributed by atoms with Crippen LogP contribution in [0.2, 0.25) is 0 Å².